The molecule has 1 aromatic rings. The van der Waals surface area contributed by atoms with Crippen molar-refractivity contribution in [3.63, 3.8) is 0 Å². The van der Waals surface area contributed by atoms with Gasteiger partial charge in [0.15, 0.2) is 0 Å². The summed E-state index contributed by atoms with van der Waals surface area (Å²) in [6.45, 7) is 4.16. The van der Waals surface area contributed by atoms with Crippen LogP contribution in [0.1, 0.15) is 43.7 Å². The van der Waals surface area contributed by atoms with Gasteiger partial charge >= 0.3 is 0 Å². The van der Waals surface area contributed by atoms with E-state index in [2.05, 4.69) is 13.8 Å². The highest BCUT2D eigenvalue weighted by molar-refractivity contribution is 6.31. The molecule has 2 rings (SSSR count). The molecule has 1 saturated carbocycles. The number of benzene rings is 1. The Morgan fingerprint density at radius 2 is 2.00 bits per heavy atom. The van der Waals surface area contributed by atoms with Crippen molar-refractivity contribution in [1.29, 1.82) is 0 Å². The lowest BCUT2D eigenvalue weighted by Gasteiger charge is -2.17. The Kier molecular flexibility index (Phi) is 2.89. The van der Waals surface area contributed by atoms with Gasteiger partial charge in [-0.15, -0.1) is 0 Å². The highest BCUT2D eigenvalue weighted by Gasteiger charge is 2.42. The van der Waals surface area contributed by atoms with Crippen LogP contribution in [0.5, 0.6) is 5.75 Å². The number of aliphatic hydroxyl groups is 1. The van der Waals surface area contributed by atoms with Crippen molar-refractivity contribution in [2.45, 2.75) is 38.2 Å². The van der Waals surface area contributed by atoms with Crippen molar-refractivity contribution in [2.75, 3.05) is 7.11 Å². The van der Waals surface area contributed by atoms with Crippen LogP contribution in [0.3, 0.4) is 0 Å². The summed E-state index contributed by atoms with van der Waals surface area (Å²) in [4.78, 5) is 0. The molecule has 0 unspecified atom stereocenters. The minimum absolute atomic E-state index is 0.311. The first kappa shape index (κ1) is 11.7. The second-order valence-electron chi connectivity index (χ2n) is 4.76. The Morgan fingerprint density at radius 3 is 2.44 bits per heavy atom. The lowest BCUT2D eigenvalue weighted by atomic mass is 9.97. The van der Waals surface area contributed by atoms with Crippen LogP contribution in [0, 0.1) is 0 Å². The number of methoxy groups -OCH3 is 1. The summed E-state index contributed by atoms with van der Waals surface area (Å²) in [5, 5.41) is 10.7. The molecule has 2 nitrogen and oxygen atoms in total. The van der Waals surface area contributed by atoms with Crippen molar-refractivity contribution >= 4 is 11.6 Å². The third-order valence-corrected chi connectivity index (χ3v) is 3.46. The van der Waals surface area contributed by atoms with Gasteiger partial charge in [-0.05, 0) is 36.5 Å². The zero-order chi connectivity index (χ0) is 11.9. The molecular formula is C13H17ClO2. The second kappa shape index (κ2) is 3.94. The first-order valence-electron chi connectivity index (χ1n) is 5.58. The van der Waals surface area contributed by atoms with Gasteiger partial charge in [-0.3, -0.25) is 0 Å². The van der Waals surface area contributed by atoms with Crippen LogP contribution in [0.2, 0.25) is 5.02 Å². The van der Waals surface area contributed by atoms with Gasteiger partial charge in [0.25, 0.3) is 0 Å². The summed E-state index contributed by atoms with van der Waals surface area (Å²) in [6, 6.07) is 3.78. The Balaban J connectivity index is 2.50. The van der Waals surface area contributed by atoms with E-state index in [1.54, 1.807) is 7.11 Å². The normalized spacial score (nSPS) is 17.6. The van der Waals surface area contributed by atoms with Crippen molar-refractivity contribution in [3.8, 4) is 5.75 Å². The van der Waals surface area contributed by atoms with Crippen LogP contribution >= 0.6 is 11.6 Å². The average Bonchev–Trinajstić information content (AvgIpc) is 2.96. The standard InChI is InChI=1S/C13H17ClO2/c1-8(2)12-10(14)6-9(7-11(12)16-3)13(15)4-5-13/h6-8,15H,4-5H2,1-3H3. The zero-order valence-corrected chi connectivity index (χ0v) is 10.6. The van der Waals surface area contributed by atoms with Crippen molar-refractivity contribution in [1.82, 2.24) is 0 Å². The van der Waals surface area contributed by atoms with E-state index in [0.717, 1.165) is 29.7 Å². The van der Waals surface area contributed by atoms with E-state index in [1.807, 2.05) is 12.1 Å². The third-order valence-electron chi connectivity index (χ3n) is 3.15. The fourth-order valence-corrected chi connectivity index (χ4v) is 2.43. The molecule has 1 aliphatic rings. The summed E-state index contributed by atoms with van der Waals surface area (Å²) in [7, 11) is 1.64. The molecule has 0 heterocycles. The van der Waals surface area contributed by atoms with Crippen LogP contribution in [-0.4, -0.2) is 12.2 Å². The molecule has 0 atom stereocenters. The Labute approximate surface area is 101 Å². The maximum absolute atomic E-state index is 10.1. The van der Waals surface area contributed by atoms with E-state index in [4.69, 9.17) is 16.3 Å². The van der Waals surface area contributed by atoms with Gasteiger partial charge in [0.1, 0.15) is 5.75 Å². The Hall–Kier alpha value is -0.730. The fourth-order valence-electron chi connectivity index (χ4n) is 2.00. The van der Waals surface area contributed by atoms with Gasteiger partial charge in [-0.1, -0.05) is 25.4 Å². The van der Waals surface area contributed by atoms with Crippen LogP contribution in [0.25, 0.3) is 0 Å². The molecule has 1 N–H and O–H groups in total. The highest BCUT2D eigenvalue weighted by atomic mass is 35.5. The minimum Gasteiger partial charge on any atom is -0.496 e. The van der Waals surface area contributed by atoms with E-state index in [9.17, 15) is 5.11 Å². The number of ether oxygens (including phenoxy) is 1. The predicted molar refractivity (Wildman–Crippen MR) is 65.2 cm³/mol. The Bertz CT molecular complexity index is 409. The molecule has 1 aromatic carbocycles. The lowest BCUT2D eigenvalue weighted by molar-refractivity contribution is 0.151. The fraction of sp³-hybridized carbons (Fsp3) is 0.538. The van der Waals surface area contributed by atoms with Gasteiger partial charge in [0.05, 0.1) is 12.7 Å². The molecule has 0 spiro atoms. The molecule has 88 valence electrons. The quantitative estimate of drug-likeness (QED) is 0.877. The maximum Gasteiger partial charge on any atom is 0.124 e. The van der Waals surface area contributed by atoms with Gasteiger partial charge in [0, 0.05) is 10.6 Å². The molecule has 0 bridgehead atoms. The highest BCUT2D eigenvalue weighted by Crippen LogP contribution is 2.48. The summed E-state index contributed by atoms with van der Waals surface area (Å²) >= 11 is 6.25. The molecule has 3 heteroatoms. The van der Waals surface area contributed by atoms with E-state index >= 15 is 0 Å². The molecule has 1 aliphatic carbocycles. The average molecular weight is 241 g/mol. The number of halogens is 1. The maximum atomic E-state index is 10.1. The topological polar surface area (TPSA) is 29.5 Å². The molecule has 1 fully saturated rings. The van der Waals surface area contributed by atoms with Gasteiger partial charge in [-0.25, -0.2) is 0 Å². The molecular weight excluding hydrogens is 224 g/mol. The monoisotopic (exact) mass is 240 g/mol. The number of hydrogen-bond donors (Lipinski definition) is 1. The minimum atomic E-state index is -0.660. The van der Waals surface area contributed by atoms with Crippen LogP contribution in [0.4, 0.5) is 0 Å². The summed E-state index contributed by atoms with van der Waals surface area (Å²) in [6.07, 6.45) is 1.63. The molecule has 0 saturated heterocycles. The van der Waals surface area contributed by atoms with E-state index in [-0.39, 0.29) is 0 Å². The molecule has 16 heavy (non-hydrogen) atoms. The van der Waals surface area contributed by atoms with Crippen molar-refractivity contribution < 1.29 is 9.84 Å². The third kappa shape index (κ3) is 1.92. The van der Waals surface area contributed by atoms with Crippen LogP contribution < -0.4 is 4.74 Å². The molecule has 0 radical (unpaired) electrons. The zero-order valence-electron chi connectivity index (χ0n) is 9.88. The van der Waals surface area contributed by atoms with Crippen molar-refractivity contribution in [2.24, 2.45) is 0 Å². The first-order valence-corrected chi connectivity index (χ1v) is 5.96. The predicted octanol–water partition coefficient (Wildman–Crippen LogP) is 3.45. The number of rotatable bonds is 3. The van der Waals surface area contributed by atoms with Gasteiger partial charge in [-0.2, -0.15) is 0 Å². The SMILES string of the molecule is COc1cc(C2(O)CC2)cc(Cl)c1C(C)C. The Morgan fingerprint density at radius 1 is 1.38 bits per heavy atom. The molecule has 0 aliphatic heterocycles. The first-order chi connectivity index (χ1) is 7.48. The van der Waals surface area contributed by atoms with Crippen molar-refractivity contribution in [3.05, 3.63) is 28.3 Å². The molecule has 0 aromatic heterocycles. The van der Waals surface area contributed by atoms with Crippen LogP contribution in [0.15, 0.2) is 12.1 Å². The molecule has 0 amide bonds. The largest absolute Gasteiger partial charge is 0.496 e. The summed E-state index contributed by atoms with van der Waals surface area (Å²) in [5.74, 6) is 1.09. The summed E-state index contributed by atoms with van der Waals surface area (Å²) < 4.78 is 5.36. The van der Waals surface area contributed by atoms with Crippen LogP contribution in [-0.2, 0) is 5.60 Å². The van der Waals surface area contributed by atoms with Gasteiger partial charge in [0.2, 0.25) is 0 Å². The van der Waals surface area contributed by atoms with Gasteiger partial charge < -0.3 is 9.84 Å². The second-order valence-corrected chi connectivity index (χ2v) is 5.17. The van der Waals surface area contributed by atoms with E-state index in [0.29, 0.717) is 10.9 Å². The lowest BCUT2D eigenvalue weighted by Crippen LogP contribution is -2.06. The van der Waals surface area contributed by atoms with E-state index < -0.39 is 5.60 Å². The smallest absolute Gasteiger partial charge is 0.124 e. The number of hydrogen-bond acceptors (Lipinski definition) is 2. The summed E-state index contributed by atoms with van der Waals surface area (Å²) in [5.41, 5.74) is 1.22. The van der Waals surface area contributed by atoms with E-state index in [1.165, 1.54) is 0 Å².